The fourth-order valence-electron chi connectivity index (χ4n) is 1.87. The average Bonchev–Trinajstić information content (AvgIpc) is 2.87. The van der Waals surface area contributed by atoms with Gasteiger partial charge in [-0.05, 0) is 36.2 Å². The molecular formula is C13H10N2O2. The Morgan fingerprint density at radius 3 is 2.76 bits per heavy atom. The molecule has 0 aliphatic rings. The number of hydrogen-bond donors (Lipinski definition) is 0. The van der Waals surface area contributed by atoms with Crippen molar-refractivity contribution in [1.29, 1.82) is 0 Å². The van der Waals surface area contributed by atoms with E-state index in [4.69, 9.17) is 4.42 Å². The molecular weight excluding hydrogens is 216 g/mol. The molecule has 0 N–H and O–H groups in total. The van der Waals surface area contributed by atoms with Crippen LogP contribution in [-0.2, 0) is 0 Å². The van der Waals surface area contributed by atoms with Gasteiger partial charge in [0, 0.05) is 0 Å². The lowest BCUT2D eigenvalue weighted by atomic mass is 10.2. The van der Waals surface area contributed by atoms with Gasteiger partial charge in [0.15, 0.2) is 5.52 Å². The summed E-state index contributed by atoms with van der Waals surface area (Å²) in [6.07, 6.45) is 1.53. The molecule has 17 heavy (non-hydrogen) atoms. The second-order valence-corrected chi connectivity index (χ2v) is 3.81. The van der Waals surface area contributed by atoms with Gasteiger partial charge in [-0.1, -0.05) is 12.1 Å². The number of aromatic nitrogens is 2. The predicted molar refractivity (Wildman–Crippen MR) is 63.1 cm³/mol. The van der Waals surface area contributed by atoms with Crippen LogP contribution in [0.2, 0.25) is 0 Å². The van der Waals surface area contributed by atoms with E-state index in [1.165, 1.54) is 6.26 Å². The Bertz CT molecular complexity index is 675. The summed E-state index contributed by atoms with van der Waals surface area (Å²) in [7, 11) is 0. The van der Waals surface area contributed by atoms with Crippen molar-refractivity contribution in [2.24, 2.45) is 0 Å². The van der Waals surface area contributed by atoms with Crippen molar-refractivity contribution in [2.75, 3.05) is 0 Å². The van der Waals surface area contributed by atoms with Gasteiger partial charge in [-0.15, -0.1) is 0 Å². The minimum absolute atomic E-state index is 0.297. The number of benzene rings is 1. The first-order valence-corrected chi connectivity index (χ1v) is 5.30. The Morgan fingerprint density at radius 1 is 1.18 bits per heavy atom. The quantitative estimate of drug-likeness (QED) is 0.473. The molecule has 2 heterocycles. The molecule has 0 atom stereocenters. The number of para-hydroxylation sites is 1. The summed E-state index contributed by atoms with van der Waals surface area (Å²) in [5.41, 5.74) is 1.42. The van der Waals surface area contributed by atoms with Crippen LogP contribution in [-0.4, -0.2) is 4.98 Å². The van der Waals surface area contributed by atoms with Crippen LogP contribution in [0.4, 0.5) is 0 Å². The standard InChI is InChI=1S/C13H10N2O2/c1-9-10-5-2-3-6-11(10)14-13(15(9)16)12-7-4-8-17-12/h2-8H,1H3. The van der Waals surface area contributed by atoms with Crippen LogP contribution >= 0.6 is 0 Å². The van der Waals surface area contributed by atoms with Gasteiger partial charge in [-0.2, -0.15) is 0 Å². The molecule has 0 fully saturated rings. The maximum Gasteiger partial charge on any atom is 0.369 e. The van der Waals surface area contributed by atoms with Gasteiger partial charge in [-0.25, -0.2) is 4.73 Å². The zero-order valence-corrected chi connectivity index (χ0v) is 9.25. The van der Waals surface area contributed by atoms with Gasteiger partial charge in [0.05, 0.1) is 11.6 Å². The summed E-state index contributed by atoms with van der Waals surface area (Å²) in [6.45, 7) is 1.78. The lowest BCUT2D eigenvalue weighted by molar-refractivity contribution is -0.602. The number of aryl methyl sites for hydroxylation is 1. The highest BCUT2D eigenvalue weighted by Gasteiger charge is 2.19. The van der Waals surface area contributed by atoms with E-state index in [9.17, 15) is 5.21 Å². The Labute approximate surface area is 97.7 Å². The van der Waals surface area contributed by atoms with E-state index in [-0.39, 0.29) is 0 Å². The van der Waals surface area contributed by atoms with Crippen molar-refractivity contribution >= 4 is 10.9 Å². The molecule has 4 heteroatoms. The molecule has 0 saturated heterocycles. The Balaban J connectivity index is 2.37. The van der Waals surface area contributed by atoms with Crippen molar-refractivity contribution < 1.29 is 9.15 Å². The summed E-state index contributed by atoms with van der Waals surface area (Å²) in [4.78, 5) is 4.33. The second kappa shape index (κ2) is 3.59. The lowest BCUT2D eigenvalue weighted by Crippen LogP contribution is -2.34. The van der Waals surface area contributed by atoms with Gasteiger partial charge in [0.2, 0.25) is 5.76 Å². The average molecular weight is 226 g/mol. The summed E-state index contributed by atoms with van der Waals surface area (Å²) >= 11 is 0. The van der Waals surface area contributed by atoms with Crippen molar-refractivity contribution in [2.45, 2.75) is 6.92 Å². The van der Waals surface area contributed by atoms with Crippen molar-refractivity contribution in [1.82, 2.24) is 4.98 Å². The smallest absolute Gasteiger partial charge is 0.369 e. The van der Waals surface area contributed by atoms with Crippen molar-refractivity contribution in [3.63, 3.8) is 0 Å². The SMILES string of the molecule is Cc1c2ccccc2nc(-c2ccco2)[n+]1[O-]. The maximum atomic E-state index is 12.1. The highest BCUT2D eigenvalue weighted by molar-refractivity contribution is 5.80. The first-order chi connectivity index (χ1) is 8.27. The van der Waals surface area contributed by atoms with E-state index >= 15 is 0 Å². The fraction of sp³-hybridized carbons (Fsp3) is 0.0769. The first kappa shape index (κ1) is 9.84. The number of fused-ring (bicyclic) bond motifs is 1. The van der Waals surface area contributed by atoms with Gasteiger partial charge >= 0.3 is 5.82 Å². The van der Waals surface area contributed by atoms with E-state index in [1.54, 1.807) is 19.1 Å². The molecule has 1 aromatic carbocycles. The lowest BCUT2D eigenvalue weighted by Gasteiger charge is -2.09. The zero-order chi connectivity index (χ0) is 11.8. The van der Waals surface area contributed by atoms with Crippen molar-refractivity contribution in [3.05, 3.63) is 53.6 Å². The highest BCUT2D eigenvalue weighted by Crippen LogP contribution is 2.19. The third-order valence-corrected chi connectivity index (χ3v) is 2.76. The van der Waals surface area contributed by atoms with Gasteiger partial charge in [0.25, 0.3) is 0 Å². The van der Waals surface area contributed by atoms with E-state index in [2.05, 4.69) is 4.98 Å². The number of nitrogens with zero attached hydrogens (tertiary/aromatic N) is 2. The molecule has 0 saturated carbocycles. The number of rotatable bonds is 1. The second-order valence-electron chi connectivity index (χ2n) is 3.81. The van der Waals surface area contributed by atoms with Crippen LogP contribution in [0.15, 0.2) is 47.1 Å². The Kier molecular flexibility index (Phi) is 2.08. The molecule has 0 amide bonds. The van der Waals surface area contributed by atoms with Crippen LogP contribution in [0, 0.1) is 12.1 Å². The molecule has 0 unspecified atom stereocenters. The fourth-order valence-corrected chi connectivity index (χ4v) is 1.87. The molecule has 4 nitrogen and oxygen atoms in total. The summed E-state index contributed by atoms with van der Waals surface area (Å²) in [5, 5.41) is 12.9. The van der Waals surface area contributed by atoms with Crippen LogP contribution in [0.1, 0.15) is 5.69 Å². The van der Waals surface area contributed by atoms with Gasteiger partial charge in [0.1, 0.15) is 5.69 Å². The molecule has 0 spiro atoms. The molecule has 0 bridgehead atoms. The van der Waals surface area contributed by atoms with Crippen LogP contribution < -0.4 is 4.73 Å². The normalized spacial score (nSPS) is 10.9. The topological polar surface area (TPSA) is 53.0 Å². The van der Waals surface area contributed by atoms with Crippen LogP contribution in [0.5, 0.6) is 0 Å². The van der Waals surface area contributed by atoms with E-state index < -0.39 is 0 Å². The third kappa shape index (κ3) is 1.45. The number of hydrogen-bond acceptors (Lipinski definition) is 3. The molecule has 0 aliphatic carbocycles. The van der Waals surface area contributed by atoms with Crippen molar-refractivity contribution in [3.8, 4) is 11.6 Å². The Morgan fingerprint density at radius 2 is 2.00 bits per heavy atom. The van der Waals surface area contributed by atoms with Crippen LogP contribution in [0.25, 0.3) is 22.5 Å². The minimum atomic E-state index is 0.297. The van der Waals surface area contributed by atoms with E-state index in [0.717, 1.165) is 15.6 Å². The first-order valence-electron chi connectivity index (χ1n) is 5.30. The summed E-state index contributed by atoms with van der Waals surface area (Å²) < 4.78 is 6.03. The molecule has 0 radical (unpaired) electrons. The maximum absolute atomic E-state index is 12.1. The minimum Gasteiger partial charge on any atom is -0.710 e. The van der Waals surface area contributed by atoms with Gasteiger partial charge in [-0.3, -0.25) is 0 Å². The molecule has 3 rings (SSSR count). The Hall–Kier alpha value is -2.36. The zero-order valence-electron chi connectivity index (χ0n) is 9.25. The summed E-state index contributed by atoms with van der Waals surface area (Å²) in [6, 6.07) is 11.0. The largest absolute Gasteiger partial charge is 0.710 e. The molecule has 0 aliphatic heterocycles. The number of furan rings is 1. The van der Waals surface area contributed by atoms with E-state index in [1.807, 2.05) is 24.3 Å². The predicted octanol–water partition coefficient (Wildman–Crippen LogP) is 2.44. The third-order valence-electron chi connectivity index (χ3n) is 2.76. The highest BCUT2D eigenvalue weighted by atomic mass is 16.5. The molecule has 84 valence electrons. The van der Waals surface area contributed by atoms with Gasteiger partial charge < -0.3 is 9.62 Å². The van der Waals surface area contributed by atoms with E-state index in [0.29, 0.717) is 17.3 Å². The monoisotopic (exact) mass is 226 g/mol. The molecule has 2 aromatic heterocycles. The van der Waals surface area contributed by atoms with Crippen LogP contribution in [0.3, 0.4) is 0 Å². The summed E-state index contributed by atoms with van der Waals surface area (Å²) in [5.74, 6) is 0.778. The molecule has 3 aromatic rings.